The first-order chi connectivity index (χ1) is 10.0. The summed E-state index contributed by atoms with van der Waals surface area (Å²) in [6.07, 6.45) is 0.698. The Bertz CT molecular complexity index is 587. The van der Waals surface area contributed by atoms with Crippen molar-refractivity contribution >= 4 is 10.0 Å². The standard InChI is InChI=1S/C14H21NO5S/c1-3-12-9-15(6-7-20-12)21(17,18)14-5-4-11(10-16)8-13(14)19-2/h4-5,8,12,16H,3,6-7,9-10H2,1-2H3. The number of hydrogen-bond donors (Lipinski definition) is 1. The van der Waals surface area contributed by atoms with Crippen molar-refractivity contribution < 1.29 is 23.0 Å². The summed E-state index contributed by atoms with van der Waals surface area (Å²) < 4.78 is 37.6. The van der Waals surface area contributed by atoms with Crippen molar-refractivity contribution in [3.8, 4) is 5.75 Å². The van der Waals surface area contributed by atoms with Crippen LogP contribution in [0, 0.1) is 0 Å². The van der Waals surface area contributed by atoms with Crippen LogP contribution >= 0.6 is 0 Å². The van der Waals surface area contributed by atoms with Crippen LogP contribution in [-0.4, -0.2) is 50.7 Å². The van der Waals surface area contributed by atoms with Gasteiger partial charge in [0.1, 0.15) is 10.6 Å². The fourth-order valence-corrected chi connectivity index (χ4v) is 3.91. The van der Waals surface area contributed by atoms with Gasteiger partial charge >= 0.3 is 0 Å². The molecule has 118 valence electrons. The predicted octanol–water partition coefficient (Wildman–Crippen LogP) is 0.987. The summed E-state index contributed by atoms with van der Waals surface area (Å²) in [6.45, 7) is 2.89. The molecule has 1 atom stereocenters. The Morgan fingerprint density at radius 1 is 1.48 bits per heavy atom. The quantitative estimate of drug-likeness (QED) is 0.877. The van der Waals surface area contributed by atoms with E-state index >= 15 is 0 Å². The molecule has 1 aromatic carbocycles. The maximum absolute atomic E-state index is 12.8. The molecule has 7 heteroatoms. The highest BCUT2D eigenvalue weighted by molar-refractivity contribution is 7.89. The van der Waals surface area contributed by atoms with E-state index in [1.165, 1.54) is 17.5 Å². The largest absolute Gasteiger partial charge is 0.495 e. The van der Waals surface area contributed by atoms with Gasteiger partial charge < -0.3 is 14.6 Å². The predicted molar refractivity (Wildman–Crippen MR) is 77.7 cm³/mol. The maximum atomic E-state index is 12.8. The summed E-state index contributed by atoms with van der Waals surface area (Å²) in [5.41, 5.74) is 0.610. The molecule has 0 aromatic heterocycles. The molecule has 0 aliphatic carbocycles. The first-order valence-corrected chi connectivity index (χ1v) is 8.36. The minimum absolute atomic E-state index is 0.0729. The summed E-state index contributed by atoms with van der Waals surface area (Å²) in [7, 11) is -2.21. The van der Waals surface area contributed by atoms with E-state index in [1.807, 2.05) is 6.92 Å². The fraction of sp³-hybridized carbons (Fsp3) is 0.571. The number of nitrogens with zero attached hydrogens (tertiary/aromatic N) is 1. The molecule has 0 spiro atoms. The van der Waals surface area contributed by atoms with E-state index in [2.05, 4.69) is 0 Å². The molecule has 0 radical (unpaired) electrons. The van der Waals surface area contributed by atoms with Gasteiger partial charge in [-0.3, -0.25) is 0 Å². The topological polar surface area (TPSA) is 76.1 Å². The molecule has 1 aromatic rings. The van der Waals surface area contributed by atoms with Gasteiger partial charge in [-0.05, 0) is 24.1 Å². The van der Waals surface area contributed by atoms with Gasteiger partial charge in [0, 0.05) is 13.1 Å². The van der Waals surface area contributed by atoms with Gasteiger partial charge in [0.05, 0.1) is 26.4 Å². The van der Waals surface area contributed by atoms with Crippen molar-refractivity contribution in [2.45, 2.75) is 31.0 Å². The molecule has 1 heterocycles. The Labute approximate surface area is 125 Å². The van der Waals surface area contributed by atoms with Gasteiger partial charge in [-0.25, -0.2) is 8.42 Å². The van der Waals surface area contributed by atoms with E-state index in [0.717, 1.165) is 6.42 Å². The first kappa shape index (κ1) is 16.2. The van der Waals surface area contributed by atoms with Gasteiger partial charge in [-0.15, -0.1) is 0 Å². The van der Waals surface area contributed by atoms with E-state index in [1.54, 1.807) is 12.1 Å². The number of benzene rings is 1. The van der Waals surface area contributed by atoms with E-state index in [4.69, 9.17) is 14.6 Å². The third-order valence-corrected chi connectivity index (χ3v) is 5.49. The Kier molecular flexibility index (Phi) is 5.21. The van der Waals surface area contributed by atoms with Crippen LogP contribution in [0.1, 0.15) is 18.9 Å². The molecular weight excluding hydrogens is 294 g/mol. The van der Waals surface area contributed by atoms with Crippen LogP contribution in [0.4, 0.5) is 0 Å². The van der Waals surface area contributed by atoms with Crippen LogP contribution in [0.15, 0.2) is 23.1 Å². The van der Waals surface area contributed by atoms with Crippen molar-refractivity contribution in [3.63, 3.8) is 0 Å². The number of aliphatic hydroxyl groups is 1. The van der Waals surface area contributed by atoms with Crippen molar-refractivity contribution in [3.05, 3.63) is 23.8 Å². The van der Waals surface area contributed by atoms with Gasteiger partial charge in [0.15, 0.2) is 0 Å². The molecule has 2 rings (SSSR count). The Morgan fingerprint density at radius 3 is 2.86 bits per heavy atom. The lowest BCUT2D eigenvalue weighted by Gasteiger charge is -2.32. The average Bonchev–Trinajstić information content (AvgIpc) is 2.54. The lowest BCUT2D eigenvalue weighted by Crippen LogP contribution is -2.45. The monoisotopic (exact) mass is 315 g/mol. The molecular formula is C14H21NO5S. The first-order valence-electron chi connectivity index (χ1n) is 6.92. The van der Waals surface area contributed by atoms with Crippen molar-refractivity contribution in [2.24, 2.45) is 0 Å². The third-order valence-electron chi connectivity index (χ3n) is 3.59. The number of morpholine rings is 1. The second kappa shape index (κ2) is 6.74. The second-order valence-electron chi connectivity index (χ2n) is 4.91. The van der Waals surface area contributed by atoms with E-state index in [-0.39, 0.29) is 23.4 Å². The Morgan fingerprint density at radius 2 is 2.24 bits per heavy atom. The van der Waals surface area contributed by atoms with Gasteiger partial charge in [-0.1, -0.05) is 13.0 Å². The smallest absolute Gasteiger partial charge is 0.246 e. The highest BCUT2D eigenvalue weighted by Gasteiger charge is 2.32. The van der Waals surface area contributed by atoms with E-state index < -0.39 is 10.0 Å². The fourth-order valence-electron chi connectivity index (χ4n) is 2.32. The van der Waals surface area contributed by atoms with Crippen LogP contribution < -0.4 is 4.74 Å². The molecule has 6 nitrogen and oxygen atoms in total. The molecule has 0 bridgehead atoms. The minimum atomic E-state index is -3.63. The zero-order chi connectivity index (χ0) is 15.5. The summed E-state index contributed by atoms with van der Waals surface area (Å²) in [5.74, 6) is 0.251. The number of aliphatic hydroxyl groups excluding tert-OH is 1. The van der Waals surface area contributed by atoms with Gasteiger partial charge in [-0.2, -0.15) is 4.31 Å². The number of sulfonamides is 1. The van der Waals surface area contributed by atoms with Crippen molar-refractivity contribution in [2.75, 3.05) is 26.8 Å². The summed E-state index contributed by atoms with van der Waals surface area (Å²) in [5, 5.41) is 9.13. The average molecular weight is 315 g/mol. The van der Waals surface area contributed by atoms with E-state index in [0.29, 0.717) is 25.3 Å². The molecule has 1 aliphatic heterocycles. The second-order valence-corrected chi connectivity index (χ2v) is 6.81. The summed E-state index contributed by atoms with van der Waals surface area (Å²) >= 11 is 0. The minimum Gasteiger partial charge on any atom is -0.495 e. The summed E-state index contributed by atoms with van der Waals surface area (Å²) in [4.78, 5) is 0.124. The number of ether oxygens (including phenoxy) is 2. The number of hydrogen-bond acceptors (Lipinski definition) is 5. The molecule has 0 saturated carbocycles. The molecule has 1 N–H and O–H groups in total. The Hall–Kier alpha value is -1.15. The molecule has 1 saturated heterocycles. The van der Waals surface area contributed by atoms with Crippen LogP contribution in [-0.2, 0) is 21.4 Å². The lowest BCUT2D eigenvalue weighted by atomic mass is 10.2. The van der Waals surface area contributed by atoms with Crippen molar-refractivity contribution in [1.82, 2.24) is 4.31 Å². The summed E-state index contributed by atoms with van der Waals surface area (Å²) in [6, 6.07) is 4.62. The van der Waals surface area contributed by atoms with Crippen LogP contribution in [0.2, 0.25) is 0 Å². The van der Waals surface area contributed by atoms with Crippen LogP contribution in [0.3, 0.4) is 0 Å². The van der Waals surface area contributed by atoms with E-state index in [9.17, 15) is 8.42 Å². The molecule has 21 heavy (non-hydrogen) atoms. The van der Waals surface area contributed by atoms with Crippen LogP contribution in [0.25, 0.3) is 0 Å². The zero-order valence-electron chi connectivity index (χ0n) is 12.3. The molecule has 1 fully saturated rings. The SMILES string of the molecule is CCC1CN(S(=O)(=O)c2ccc(CO)cc2OC)CCO1. The highest BCUT2D eigenvalue weighted by Crippen LogP contribution is 2.29. The zero-order valence-corrected chi connectivity index (χ0v) is 13.1. The number of rotatable bonds is 5. The lowest BCUT2D eigenvalue weighted by molar-refractivity contribution is -0.00281. The third kappa shape index (κ3) is 3.37. The van der Waals surface area contributed by atoms with Crippen LogP contribution in [0.5, 0.6) is 5.75 Å². The molecule has 0 amide bonds. The maximum Gasteiger partial charge on any atom is 0.246 e. The van der Waals surface area contributed by atoms with Crippen molar-refractivity contribution in [1.29, 1.82) is 0 Å². The molecule has 1 aliphatic rings. The van der Waals surface area contributed by atoms with Gasteiger partial charge in [0.2, 0.25) is 10.0 Å². The normalized spacial score (nSPS) is 20.4. The highest BCUT2D eigenvalue weighted by atomic mass is 32.2. The Balaban J connectivity index is 2.35. The van der Waals surface area contributed by atoms with Gasteiger partial charge in [0.25, 0.3) is 0 Å². The number of methoxy groups -OCH3 is 1. The molecule has 1 unspecified atom stereocenters.